The molecule has 2 aromatic carbocycles. The summed E-state index contributed by atoms with van der Waals surface area (Å²) in [5, 5.41) is 0. The van der Waals surface area contributed by atoms with Crippen LogP contribution in [0.1, 0.15) is 11.3 Å². The monoisotopic (exact) mass is 294 g/mol. The molecule has 3 aromatic rings. The Bertz CT molecular complexity index is 803. The number of halogens is 1. The Kier molecular flexibility index (Phi) is 3.70. The predicted molar refractivity (Wildman–Crippen MR) is 85.5 cm³/mol. The van der Waals surface area contributed by atoms with Gasteiger partial charge < -0.3 is 11.5 Å². The van der Waals surface area contributed by atoms with Gasteiger partial charge in [0.1, 0.15) is 11.6 Å². The quantitative estimate of drug-likeness (QED) is 0.728. The van der Waals surface area contributed by atoms with Crippen molar-refractivity contribution in [2.24, 2.45) is 0 Å². The fourth-order valence-corrected chi connectivity index (χ4v) is 2.18. The number of rotatable bonds is 3. The number of anilines is 2. The highest BCUT2D eigenvalue weighted by Gasteiger charge is 2.09. The van der Waals surface area contributed by atoms with Crippen LogP contribution in [0.4, 0.5) is 15.9 Å². The molecule has 3 rings (SSSR count). The second kappa shape index (κ2) is 5.81. The summed E-state index contributed by atoms with van der Waals surface area (Å²) < 4.78 is 13.6. The minimum Gasteiger partial charge on any atom is -0.396 e. The van der Waals surface area contributed by atoms with Gasteiger partial charge in [-0.1, -0.05) is 36.4 Å². The highest BCUT2D eigenvalue weighted by Crippen LogP contribution is 2.23. The molecule has 0 unspecified atom stereocenters. The zero-order valence-corrected chi connectivity index (χ0v) is 11.8. The Morgan fingerprint density at radius 3 is 2.50 bits per heavy atom. The lowest BCUT2D eigenvalue weighted by Gasteiger charge is -2.08. The minimum atomic E-state index is -0.472. The summed E-state index contributed by atoms with van der Waals surface area (Å²) in [6.45, 7) is 0. The maximum absolute atomic E-state index is 13.6. The van der Waals surface area contributed by atoms with Crippen LogP contribution in [0.5, 0.6) is 0 Å². The van der Waals surface area contributed by atoms with E-state index in [1.807, 2.05) is 30.3 Å². The maximum atomic E-state index is 13.6. The van der Waals surface area contributed by atoms with Crippen molar-refractivity contribution in [1.29, 1.82) is 0 Å². The molecule has 0 bridgehead atoms. The molecule has 1 aromatic heterocycles. The van der Waals surface area contributed by atoms with Gasteiger partial charge in [0.15, 0.2) is 0 Å². The van der Waals surface area contributed by atoms with Crippen LogP contribution in [0.15, 0.2) is 54.7 Å². The Balaban J connectivity index is 1.97. The second-order valence-electron chi connectivity index (χ2n) is 4.99. The maximum Gasteiger partial charge on any atom is 0.146 e. The van der Waals surface area contributed by atoms with Gasteiger partial charge >= 0.3 is 0 Å². The lowest BCUT2D eigenvalue weighted by Crippen LogP contribution is -2.03. The SMILES string of the molecule is Nc1ccc(-c2cnc(N)c(Cc3ccccc3)n2)cc1F. The zero-order valence-electron chi connectivity index (χ0n) is 11.8. The van der Waals surface area contributed by atoms with E-state index in [4.69, 9.17) is 11.5 Å². The first-order chi connectivity index (χ1) is 10.6. The van der Waals surface area contributed by atoms with E-state index >= 15 is 0 Å². The fraction of sp³-hybridized carbons (Fsp3) is 0.0588. The van der Waals surface area contributed by atoms with Crippen LogP contribution in [0, 0.1) is 5.82 Å². The molecule has 4 nitrogen and oxygen atoms in total. The van der Waals surface area contributed by atoms with Crippen molar-refractivity contribution in [2.45, 2.75) is 6.42 Å². The van der Waals surface area contributed by atoms with Crippen LogP contribution in [0.3, 0.4) is 0 Å². The largest absolute Gasteiger partial charge is 0.396 e. The standard InChI is InChI=1S/C17H15FN4/c18-13-9-12(6-7-14(13)19)16-10-21-17(20)15(22-16)8-11-4-2-1-3-5-11/h1-7,9-10H,8,19H2,(H2,20,21). The van der Waals surface area contributed by atoms with E-state index in [0.717, 1.165) is 5.56 Å². The number of benzene rings is 2. The molecular formula is C17H15FN4. The molecule has 0 radical (unpaired) electrons. The number of aromatic nitrogens is 2. The van der Waals surface area contributed by atoms with Crippen molar-refractivity contribution >= 4 is 11.5 Å². The molecule has 0 aliphatic heterocycles. The molecule has 0 atom stereocenters. The normalized spacial score (nSPS) is 10.6. The Morgan fingerprint density at radius 2 is 1.77 bits per heavy atom. The predicted octanol–water partition coefficient (Wildman–Crippen LogP) is 3.04. The van der Waals surface area contributed by atoms with Crippen molar-refractivity contribution < 1.29 is 4.39 Å². The van der Waals surface area contributed by atoms with Gasteiger partial charge in [-0.05, 0) is 17.7 Å². The summed E-state index contributed by atoms with van der Waals surface area (Å²) in [6.07, 6.45) is 2.11. The van der Waals surface area contributed by atoms with Crippen molar-refractivity contribution in [3.8, 4) is 11.3 Å². The molecule has 110 valence electrons. The van der Waals surface area contributed by atoms with E-state index in [2.05, 4.69) is 9.97 Å². The number of nitrogens with zero attached hydrogens (tertiary/aromatic N) is 2. The first-order valence-electron chi connectivity index (χ1n) is 6.84. The van der Waals surface area contributed by atoms with Crippen LogP contribution in [-0.2, 0) is 6.42 Å². The molecular weight excluding hydrogens is 279 g/mol. The third-order valence-electron chi connectivity index (χ3n) is 3.39. The van der Waals surface area contributed by atoms with E-state index in [-0.39, 0.29) is 5.69 Å². The van der Waals surface area contributed by atoms with Gasteiger partial charge in [0.25, 0.3) is 0 Å². The molecule has 0 aliphatic carbocycles. The fourth-order valence-electron chi connectivity index (χ4n) is 2.18. The molecule has 5 heteroatoms. The zero-order chi connectivity index (χ0) is 15.5. The van der Waals surface area contributed by atoms with Gasteiger partial charge in [0.2, 0.25) is 0 Å². The average Bonchev–Trinajstić information content (AvgIpc) is 2.53. The number of hydrogen-bond acceptors (Lipinski definition) is 4. The second-order valence-corrected chi connectivity index (χ2v) is 4.99. The summed E-state index contributed by atoms with van der Waals surface area (Å²) >= 11 is 0. The first kappa shape index (κ1) is 14.0. The van der Waals surface area contributed by atoms with Crippen LogP contribution in [0.2, 0.25) is 0 Å². The molecule has 4 N–H and O–H groups in total. The summed E-state index contributed by atoms with van der Waals surface area (Å²) in [6, 6.07) is 14.4. The van der Waals surface area contributed by atoms with Crippen LogP contribution >= 0.6 is 0 Å². The van der Waals surface area contributed by atoms with Crippen LogP contribution < -0.4 is 11.5 Å². The lowest BCUT2D eigenvalue weighted by atomic mass is 10.1. The van der Waals surface area contributed by atoms with E-state index in [1.54, 1.807) is 6.07 Å². The third kappa shape index (κ3) is 2.88. The van der Waals surface area contributed by atoms with Crippen molar-refractivity contribution in [3.63, 3.8) is 0 Å². The highest BCUT2D eigenvalue weighted by atomic mass is 19.1. The smallest absolute Gasteiger partial charge is 0.146 e. The molecule has 22 heavy (non-hydrogen) atoms. The minimum absolute atomic E-state index is 0.108. The molecule has 0 fully saturated rings. The van der Waals surface area contributed by atoms with Crippen molar-refractivity contribution in [1.82, 2.24) is 9.97 Å². The van der Waals surface area contributed by atoms with Crippen molar-refractivity contribution in [3.05, 3.63) is 71.8 Å². The van der Waals surface area contributed by atoms with E-state index < -0.39 is 5.82 Å². The Labute approximate surface area is 127 Å². The van der Waals surface area contributed by atoms with Gasteiger partial charge in [0, 0.05) is 12.0 Å². The van der Waals surface area contributed by atoms with Crippen LogP contribution in [-0.4, -0.2) is 9.97 Å². The molecule has 0 amide bonds. The summed E-state index contributed by atoms with van der Waals surface area (Å²) in [5.41, 5.74) is 14.4. The Morgan fingerprint density at radius 1 is 1.00 bits per heavy atom. The molecule has 0 saturated carbocycles. The lowest BCUT2D eigenvalue weighted by molar-refractivity contribution is 0.633. The molecule has 0 saturated heterocycles. The highest BCUT2D eigenvalue weighted by molar-refractivity contribution is 5.63. The topological polar surface area (TPSA) is 77.8 Å². The van der Waals surface area contributed by atoms with Gasteiger partial charge in [0.05, 0.1) is 23.3 Å². The Hall–Kier alpha value is -2.95. The number of nitrogen functional groups attached to an aromatic ring is 2. The molecule has 1 heterocycles. The van der Waals surface area contributed by atoms with Gasteiger partial charge in [-0.15, -0.1) is 0 Å². The van der Waals surface area contributed by atoms with E-state index in [9.17, 15) is 4.39 Å². The molecule has 0 spiro atoms. The van der Waals surface area contributed by atoms with Gasteiger partial charge in [-0.2, -0.15) is 0 Å². The van der Waals surface area contributed by atoms with Gasteiger partial charge in [-0.3, -0.25) is 0 Å². The summed E-state index contributed by atoms with van der Waals surface area (Å²) in [4.78, 5) is 8.68. The van der Waals surface area contributed by atoms with E-state index in [1.165, 1.54) is 18.3 Å². The van der Waals surface area contributed by atoms with Crippen LogP contribution in [0.25, 0.3) is 11.3 Å². The summed E-state index contributed by atoms with van der Waals surface area (Å²) in [5.74, 6) is -0.0933. The average molecular weight is 294 g/mol. The van der Waals surface area contributed by atoms with Crippen molar-refractivity contribution in [2.75, 3.05) is 11.5 Å². The summed E-state index contributed by atoms with van der Waals surface area (Å²) in [7, 11) is 0. The van der Waals surface area contributed by atoms with Gasteiger partial charge in [-0.25, -0.2) is 14.4 Å². The third-order valence-corrected chi connectivity index (χ3v) is 3.39. The number of hydrogen-bond donors (Lipinski definition) is 2. The first-order valence-corrected chi connectivity index (χ1v) is 6.84. The number of nitrogens with two attached hydrogens (primary N) is 2. The van der Waals surface area contributed by atoms with E-state index in [0.29, 0.717) is 29.2 Å². The molecule has 0 aliphatic rings.